The second-order valence-corrected chi connectivity index (χ2v) is 2.99. The van der Waals surface area contributed by atoms with Crippen molar-refractivity contribution in [3.05, 3.63) is 0 Å². The molecule has 0 aromatic carbocycles. The molecule has 3 nitrogen and oxygen atoms in total. The largest absolute Gasteiger partial charge is 0.481 e. The zero-order chi connectivity index (χ0) is 9.40. The first kappa shape index (κ1) is 15.5. The molecule has 0 unspecified atom stereocenters. The van der Waals surface area contributed by atoms with E-state index in [1.165, 1.54) is 0 Å². The van der Waals surface area contributed by atoms with Crippen LogP contribution >= 0.6 is 0 Å². The number of carboxylic acids is 1. The molecule has 0 fully saturated rings. The molecule has 0 amide bonds. The zero-order valence-corrected chi connectivity index (χ0v) is 11.7. The molecule has 0 heterocycles. The first-order valence-electron chi connectivity index (χ1n) is 4.64. The van der Waals surface area contributed by atoms with Crippen molar-refractivity contribution in [1.29, 1.82) is 0 Å². The van der Waals surface area contributed by atoms with Gasteiger partial charge in [-0.3, -0.25) is 4.79 Å². The number of hydrogen-bond acceptors (Lipinski definition) is 2. The van der Waals surface area contributed by atoms with E-state index in [0.717, 1.165) is 25.9 Å². The van der Waals surface area contributed by atoms with Crippen LogP contribution < -0.4 is 0 Å². The van der Waals surface area contributed by atoms with Gasteiger partial charge in [-0.05, 0) is 25.9 Å². The van der Waals surface area contributed by atoms with Gasteiger partial charge in [0.1, 0.15) is 0 Å². The van der Waals surface area contributed by atoms with Crippen LogP contribution in [0, 0.1) is 0 Å². The smallest absolute Gasteiger partial charge is 0.304 e. The summed E-state index contributed by atoms with van der Waals surface area (Å²) >= 11 is 0. The van der Waals surface area contributed by atoms with Gasteiger partial charge in [-0.1, -0.05) is 13.8 Å². The van der Waals surface area contributed by atoms with Gasteiger partial charge in [0.25, 0.3) is 0 Å². The molecule has 0 aliphatic carbocycles. The number of aliphatic carboxylic acids is 1. The van der Waals surface area contributed by atoms with Gasteiger partial charge in [0.05, 0.1) is 6.42 Å². The van der Waals surface area contributed by atoms with Crippen molar-refractivity contribution in [3.8, 4) is 0 Å². The first-order valence-corrected chi connectivity index (χ1v) is 4.64. The molecule has 0 saturated heterocycles. The Hall–Kier alpha value is 0.0534. The molecule has 13 heavy (non-hydrogen) atoms. The van der Waals surface area contributed by atoms with Crippen molar-refractivity contribution < 1.29 is 29.4 Å². The fourth-order valence-corrected chi connectivity index (χ4v) is 1.22. The minimum absolute atomic E-state index is 0. The summed E-state index contributed by atoms with van der Waals surface area (Å²) in [6.07, 6.45) is 2.46. The molecule has 0 radical (unpaired) electrons. The van der Waals surface area contributed by atoms with E-state index in [4.69, 9.17) is 5.11 Å². The maximum Gasteiger partial charge on any atom is 0.304 e. The van der Waals surface area contributed by atoms with Crippen molar-refractivity contribution in [2.45, 2.75) is 33.1 Å². The zero-order valence-electron chi connectivity index (χ0n) is 8.75. The summed E-state index contributed by atoms with van der Waals surface area (Å²) in [5.41, 5.74) is 0. The average Bonchev–Trinajstić information content (AvgIpc) is 2.01. The minimum atomic E-state index is -0.702. The molecule has 0 bridgehead atoms. The first-order chi connectivity index (χ1) is 5.70. The van der Waals surface area contributed by atoms with Crippen molar-refractivity contribution >= 4 is 5.97 Å². The van der Waals surface area contributed by atoms with Crippen molar-refractivity contribution in [3.63, 3.8) is 0 Å². The molecule has 4 heteroatoms. The van der Waals surface area contributed by atoms with Crippen LogP contribution in [0.4, 0.5) is 0 Å². The predicted molar refractivity (Wildman–Crippen MR) is 49.3 cm³/mol. The number of carbonyl (C=O) groups is 1. The van der Waals surface area contributed by atoms with Crippen LogP contribution in [0.5, 0.6) is 0 Å². The van der Waals surface area contributed by atoms with E-state index in [0.29, 0.717) is 6.54 Å². The van der Waals surface area contributed by atoms with E-state index >= 15 is 0 Å². The Morgan fingerprint density at radius 2 is 1.62 bits per heavy atom. The Morgan fingerprint density at radius 1 is 1.15 bits per heavy atom. The molecular weight excluding hydrogens is 219 g/mol. The Bertz CT molecular complexity index is 125. The molecule has 0 saturated carbocycles. The van der Waals surface area contributed by atoms with Crippen LogP contribution in [-0.2, 0) is 24.3 Å². The average molecular weight is 239 g/mol. The van der Waals surface area contributed by atoms with Gasteiger partial charge >= 0.3 is 5.97 Å². The van der Waals surface area contributed by atoms with Gasteiger partial charge in [0, 0.05) is 26.0 Å². The summed E-state index contributed by atoms with van der Waals surface area (Å²) in [7, 11) is 0. The molecular formula is C9H19NO2Zn. The Balaban J connectivity index is 0. The number of rotatable bonds is 7. The number of hydrogen-bond donors (Lipinski definition) is 1. The summed E-state index contributed by atoms with van der Waals surface area (Å²) < 4.78 is 0. The monoisotopic (exact) mass is 237 g/mol. The Morgan fingerprint density at radius 3 is 1.92 bits per heavy atom. The van der Waals surface area contributed by atoms with E-state index in [9.17, 15) is 4.79 Å². The standard InChI is InChI=1S/C9H19NO2.Zn/c1-3-6-10(7-4-2)8-5-9(11)12;/h3-8H2,1-2H3,(H,11,12);. The molecule has 74 valence electrons. The van der Waals surface area contributed by atoms with Gasteiger partial charge in [0.2, 0.25) is 0 Å². The quantitative estimate of drug-likeness (QED) is 0.685. The Labute approximate surface area is 93.3 Å². The van der Waals surface area contributed by atoms with E-state index in [2.05, 4.69) is 18.7 Å². The van der Waals surface area contributed by atoms with Crippen LogP contribution in [0.25, 0.3) is 0 Å². The topological polar surface area (TPSA) is 40.5 Å². The van der Waals surface area contributed by atoms with Crippen LogP contribution in [0.3, 0.4) is 0 Å². The number of nitrogens with zero attached hydrogens (tertiary/aromatic N) is 1. The van der Waals surface area contributed by atoms with Crippen molar-refractivity contribution in [1.82, 2.24) is 4.90 Å². The molecule has 0 aromatic rings. The minimum Gasteiger partial charge on any atom is -0.481 e. The van der Waals surface area contributed by atoms with Gasteiger partial charge in [0.15, 0.2) is 0 Å². The Kier molecular flexibility index (Phi) is 12.1. The van der Waals surface area contributed by atoms with Gasteiger partial charge in [-0.15, -0.1) is 0 Å². The molecule has 0 aromatic heterocycles. The molecule has 0 aliphatic heterocycles. The molecule has 1 N–H and O–H groups in total. The molecule has 0 rings (SSSR count). The van der Waals surface area contributed by atoms with Crippen LogP contribution in [-0.4, -0.2) is 35.6 Å². The van der Waals surface area contributed by atoms with Crippen LogP contribution in [0.2, 0.25) is 0 Å². The number of carboxylic acid groups (broad SMARTS) is 1. The van der Waals surface area contributed by atoms with E-state index < -0.39 is 5.97 Å². The summed E-state index contributed by atoms with van der Waals surface area (Å²) in [4.78, 5) is 12.5. The van der Waals surface area contributed by atoms with Crippen LogP contribution in [0.15, 0.2) is 0 Å². The van der Waals surface area contributed by atoms with Gasteiger partial charge in [-0.25, -0.2) is 0 Å². The van der Waals surface area contributed by atoms with E-state index in [-0.39, 0.29) is 25.9 Å². The van der Waals surface area contributed by atoms with Gasteiger partial charge in [-0.2, -0.15) is 0 Å². The van der Waals surface area contributed by atoms with Crippen LogP contribution in [0.1, 0.15) is 33.1 Å². The molecule has 0 atom stereocenters. The van der Waals surface area contributed by atoms with Gasteiger partial charge < -0.3 is 10.0 Å². The summed E-state index contributed by atoms with van der Waals surface area (Å²) in [5.74, 6) is -0.702. The molecule has 0 aliphatic rings. The SMILES string of the molecule is CCCN(CCC)CCC(=O)O.[Zn]. The van der Waals surface area contributed by atoms with Crippen molar-refractivity contribution in [2.75, 3.05) is 19.6 Å². The maximum atomic E-state index is 10.3. The predicted octanol–water partition coefficient (Wildman–Crippen LogP) is 1.58. The van der Waals surface area contributed by atoms with Crippen molar-refractivity contribution in [2.24, 2.45) is 0 Å². The second kappa shape index (κ2) is 10.1. The third kappa shape index (κ3) is 9.97. The summed E-state index contributed by atoms with van der Waals surface area (Å²) in [6, 6.07) is 0. The van der Waals surface area contributed by atoms with E-state index in [1.807, 2.05) is 0 Å². The summed E-state index contributed by atoms with van der Waals surface area (Å²) in [5, 5.41) is 8.47. The fourth-order valence-electron chi connectivity index (χ4n) is 1.22. The maximum absolute atomic E-state index is 10.3. The molecule has 0 spiro atoms. The summed E-state index contributed by atoms with van der Waals surface area (Å²) in [6.45, 7) is 6.95. The third-order valence-corrected chi connectivity index (χ3v) is 1.72. The van der Waals surface area contributed by atoms with E-state index in [1.54, 1.807) is 0 Å². The normalized spacial score (nSPS) is 9.77. The third-order valence-electron chi connectivity index (χ3n) is 1.72. The fraction of sp³-hybridized carbons (Fsp3) is 0.889. The second-order valence-electron chi connectivity index (χ2n) is 2.99.